The van der Waals surface area contributed by atoms with Gasteiger partial charge in [0.05, 0.1) is 13.6 Å². The van der Waals surface area contributed by atoms with Crippen molar-refractivity contribution in [1.82, 2.24) is 0 Å². The fourth-order valence-corrected chi connectivity index (χ4v) is 3.87. The summed E-state index contributed by atoms with van der Waals surface area (Å²) in [6, 6.07) is 1.04. The lowest BCUT2D eigenvalue weighted by Crippen LogP contribution is -2.42. The van der Waals surface area contributed by atoms with Crippen LogP contribution >= 0.6 is 15.9 Å². The molecule has 1 aromatic carbocycles. The van der Waals surface area contributed by atoms with Gasteiger partial charge >= 0.3 is 12.1 Å². The predicted molar refractivity (Wildman–Crippen MR) is 69.0 cm³/mol. The van der Waals surface area contributed by atoms with Crippen molar-refractivity contribution >= 4 is 35.2 Å². The molecule has 0 atom stereocenters. The van der Waals surface area contributed by atoms with Gasteiger partial charge in [-0.25, -0.2) is 9.18 Å². The molecule has 0 saturated heterocycles. The second kappa shape index (κ2) is 4.90. The van der Waals surface area contributed by atoms with Crippen LogP contribution in [0.3, 0.4) is 0 Å². The van der Waals surface area contributed by atoms with E-state index >= 15 is 0 Å². The molecule has 0 amide bonds. The summed E-state index contributed by atoms with van der Waals surface area (Å²) >= 11 is 2.70. The van der Waals surface area contributed by atoms with Gasteiger partial charge in [-0.15, -0.1) is 0 Å². The molecular formula is C11H11BrF4O2Si. The smallest absolute Gasteiger partial charge is 0.418 e. The molecule has 19 heavy (non-hydrogen) atoms. The Labute approximate surface area is 116 Å². The SMILES string of the molecule is C[Si](C)(C)c1cc(Br)c(C(F)(F)F)c(C(=O)O)c1F. The van der Waals surface area contributed by atoms with Gasteiger partial charge in [0.1, 0.15) is 11.4 Å². The summed E-state index contributed by atoms with van der Waals surface area (Å²) in [6.45, 7) is 5.16. The van der Waals surface area contributed by atoms with E-state index in [2.05, 4.69) is 15.9 Å². The van der Waals surface area contributed by atoms with Crippen LogP contribution in [-0.2, 0) is 6.18 Å². The van der Waals surface area contributed by atoms with Gasteiger partial charge in [0.15, 0.2) is 0 Å². The first kappa shape index (κ1) is 16.2. The lowest BCUT2D eigenvalue weighted by Gasteiger charge is -2.22. The molecule has 0 aliphatic rings. The number of hydrogen-bond acceptors (Lipinski definition) is 1. The van der Waals surface area contributed by atoms with Gasteiger partial charge in [-0.05, 0) is 11.3 Å². The molecule has 0 unspecified atom stereocenters. The summed E-state index contributed by atoms with van der Waals surface area (Å²) in [4.78, 5) is 11.0. The maximum atomic E-state index is 14.1. The first-order valence-electron chi connectivity index (χ1n) is 5.20. The maximum absolute atomic E-state index is 14.1. The number of alkyl halides is 3. The highest BCUT2D eigenvalue weighted by molar-refractivity contribution is 9.10. The van der Waals surface area contributed by atoms with Gasteiger partial charge in [0.25, 0.3) is 0 Å². The maximum Gasteiger partial charge on any atom is 0.418 e. The van der Waals surface area contributed by atoms with E-state index in [0.29, 0.717) is 0 Å². The molecule has 0 aliphatic carbocycles. The van der Waals surface area contributed by atoms with Crippen LogP contribution in [0.5, 0.6) is 0 Å². The highest BCUT2D eigenvalue weighted by Crippen LogP contribution is 2.38. The largest absolute Gasteiger partial charge is 0.478 e. The van der Waals surface area contributed by atoms with Crippen molar-refractivity contribution in [3.8, 4) is 0 Å². The normalized spacial score (nSPS) is 12.6. The standard InChI is InChI=1S/C11H11BrF4O2Si/c1-19(2,3)6-4-5(12)8(11(14,15)16)7(9(6)13)10(17)18/h4H,1-3H3,(H,17,18). The van der Waals surface area contributed by atoms with Crippen molar-refractivity contribution in [2.45, 2.75) is 25.8 Å². The number of halogens is 5. The Kier molecular flexibility index (Phi) is 4.16. The van der Waals surface area contributed by atoms with E-state index < -0.39 is 41.6 Å². The monoisotopic (exact) mass is 358 g/mol. The Balaban J connectivity index is 3.82. The van der Waals surface area contributed by atoms with Crippen LogP contribution in [0.2, 0.25) is 19.6 Å². The van der Waals surface area contributed by atoms with E-state index in [1.807, 2.05) is 0 Å². The van der Waals surface area contributed by atoms with Crippen molar-refractivity contribution < 1.29 is 27.5 Å². The van der Waals surface area contributed by atoms with Gasteiger partial charge in [0, 0.05) is 4.47 Å². The first-order chi connectivity index (χ1) is 8.37. The molecule has 1 N–H and O–H groups in total. The molecule has 0 aliphatic heterocycles. The van der Waals surface area contributed by atoms with E-state index in [9.17, 15) is 22.4 Å². The zero-order chi connectivity index (χ0) is 15.2. The van der Waals surface area contributed by atoms with Crippen molar-refractivity contribution in [2.24, 2.45) is 0 Å². The molecule has 0 saturated carbocycles. The molecule has 0 fully saturated rings. The molecule has 0 heterocycles. The second-order valence-electron chi connectivity index (χ2n) is 5.02. The highest BCUT2D eigenvalue weighted by Gasteiger charge is 2.41. The Morgan fingerprint density at radius 2 is 1.79 bits per heavy atom. The van der Waals surface area contributed by atoms with Crippen LogP contribution in [0.15, 0.2) is 10.5 Å². The number of rotatable bonds is 2. The van der Waals surface area contributed by atoms with Gasteiger partial charge in [-0.3, -0.25) is 0 Å². The summed E-state index contributed by atoms with van der Waals surface area (Å²) in [5, 5.41) is 8.93. The molecule has 1 rings (SSSR count). The van der Waals surface area contributed by atoms with Crippen molar-refractivity contribution in [2.75, 3.05) is 0 Å². The van der Waals surface area contributed by atoms with E-state index in [0.717, 1.165) is 6.07 Å². The Bertz CT molecular complexity index is 535. The fraction of sp³-hybridized carbons (Fsp3) is 0.364. The number of aromatic carboxylic acids is 1. The minimum atomic E-state index is -4.94. The van der Waals surface area contributed by atoms with Crippen molar-refractivity contribution in [3.63, 3.8) is 0 Å². The van der Waals surface area contributed by atoms with Crippen molar-refractivity contribution in [1.29, 1.82) is 0 Å². The Morgan fingerprint density at radius 3 is 2.11 bits per heavy atom. The number of hydrogen-bond donors (Lipinski definition) is 1. The van der Waals surface area contributed by atoms with Crippen LogP contribution in [0.25, 0.3) is 0 Å². The van der Waals surface area contributed by atoms with Gasteiger partial charge in [-0.1, -0.05) is 35.6 Å². The Hall–Kier alpha value is -0.893. The summed E-state index contributed by atoms with van der Waals surface area (Å²) in [6.07, 6.45) is -4.94. The van der Waals surface area contributed by atoms with E-state index in [1.54, 1.807) is 19.6 Å². The van der Waals surface area contributed by atoms with E-state index in [-0.39, 0.29) is 5.19 Å². The molecule has 0 radical (unpaired) electrons. The summed E-state index contributed by atoms with van der Waals surface area (Å²) in [5.41, 5.74) is -2.81. The van der Waals surface area contributed by atoms with Crippen LogP contribution in [0.4, 0.5) is 17.6 Å². The van der Waals surface area contributed by atoms with Crippen molar-refractivity contribution in [3.05, 3.63) is 27.5 Å². The first-order valence-corrected chi connectivity index (χ1v) is 9.49. The number of carboxylic acids is 1. The van der Waals surface area contributed by atoms with E-state index in [4.69, 9.17) is 5.11 Å². The lowest BCUT2D eigenvalue weighted by atomic mass is 10.1. The number of carboxylic acid groups (broad SMARTS) is 1. The minimum Gasteiger partial charge on any atom is -0.478 e. The quantitative estimate of drug-likeness (QED) is 0.643. The number of carbonyl (C=O) groups is 1. The average molecular weight is 359 g/mol. The molecule has 0 aromatic heterocycles. The fourth-order valence-electron chi connectivity index (χ4n) is 1.65. The number of benzene rings is 1. The van der Waals surface area contributed by atoms with Gasteiger partial charge in [-0.2, -0.15) is 13.2 Å². The zero-order valence-corrected chi connectivity index (χ0v) is 12.9. The predicted octanol–water partition coefficient (Wildman–Crippen LogP) is 3.85. The second-order valence-corrected chi connectivity index (χ2v) is 10.9. The van der Waals surface area contributed by atoms with Gasteiger partial charge < -0.3 is 5.11 Å². The molecule has 1 aromatic rings. The topological polar surface area (TPSA) is 37.3 Å². The lowest BCUT2D eigenvalue weighted by molar-refractivity contribution is -0.138. The van der Waals surface area contributed by atoms with Crippen LogP contribution < -0.4 is 5.19 Å². The highest BCUT2D eigenvalue weighted by atomic mass is 79.9. The average Bonchev–Trinajstić information content (AvgIpc) is 2.16. The molecule has 0 spiro atoms. The third kappa shape index (κ3) is 3.17. The summed E-state index contributed by atoms with van der Waals surface area (Å²) in [7, 11) is -2.30. The summed E-state index contributed by atoms with van der Waals surface area (Å²) in [5.74, 6) is -3.21. The summed E-state index contributed by atoms with van der Waals surface area (Å²) < 4.78 is 52.2. The third-order valence-electron chi connectivity index (χ3n) is 2.52. The van der Waals surface area contributed by atoms with Gasteiger partial charge in [0.2, 0.25) is 0 Å². The van der Waals surface area contributed by atoms with Crippen LogP contribution in [-0.4, -0.2) is 19.1 Å². The zero-order valence-electron chi connectivity index (χ0n) is 10.3. The molecule has 8 heteroatoms. The Morgan fingerprint density at radius 1 is 1.32 bits per heavy atom. The molecule has 2 nitrogen and oxygen atoms in total. The minimum absolute atomic E-state index is 0.0461. The van der Waals surface area contributed by atoms with Crippen LogP contribution in [0.1, 0.15) is 15.9 Å². The molecule has 106 valence electrons. The molecule has 0 bridgehead atoms. The molecular weight excluding hydrogens is 348 g/mol. The van der Waals surface area contributed by atoms with E-state index in [1.165, 1.54) is 0 Å². The van der Waals surface area contributed by atoms with Crippen LogP contribution in [0, 0.1) is 5.82 Å². The third-order valence-corrected chi connectivity index (χ3v) is 5.13.